The molecule has 0 aliphatic carbocycles. The summed E-state index contributed by atoms with van der Waals surface area (Å²) in [5, 5.41) is 44.3. The van der Waals surface area contributed by atoms with Crippen molar-refractivity contribution in [1.82, 2.24) is 0 Å². The first-order valence-corrected chi connectivity index (χ1v) is 8.73. The van der Waals surface area contributed by atoms with E-state index in [9.17, 15) is 28.8 Å². The summed E-state index contributed by atoms with van der Waals surface area (Å²) < 4.78 is 13.3. The first-order chi connectivity index (χ1) is 14.2. The molecule has 0 aromatic heterocycles. The van der Waals surface area contributed by atoms with Gasteiger partial charge in [-0.2, -0.15) is 0 Å². The number of aliphatic hydroxyl groups excluding tert-OH is 5. The Morgan fingerprint density at radius 3 is 1.25 bits per heavy atom. The number of ketones is 3. The molecule has 3 rings (SSSR count). The van der Waals surface area contributed by atoms with Gasteiger partial charge < -0.3 is 39.7 Å². The number of carbonyl (C=O) groups excluding carboxylic acids is 6. The second kappa shape index (κ2) is 11.7. The molecule has 0 bridgehead atoms. The van der Waals surface area contributed by atoms with E-state index in [4.69, 9.17) is 25.5 Å². The molecule has 3 aliphatic rings. The molecule has 0 aromatic carbocycles. The van der Waals surface area contributed by atoms with Crippen molar-refractivity contribution in [1.29, 1.82) is 0 Å². The van der Waals surface area contributed by atoms with Gasteiger partial charge in [0.15, 0.2) is 66.2 Å². The molecular weight excluding hydrogens is 440 g/mol. The van der Waals surface area contributed by atoms with Crippen LogP contribution in [0.25, 0.3) is 0 Å². The molecule has 3 heterocycles. The zero-order valence-corrected chi connectivity index (χ0v) is 16.5. The fourth-order valence-corrected chi connectivity index (χ4v) is 2.38. The Morgan fingerprint density at radius 2 is 1.03 bits per heavy atom. The van der Waals surface area contributed by atoms with Crippen molar-refractivity contribution in [3.8, 4) is 0 Å². The van der Waals surface area contributed by atoms with Crippen LogP contribution in [-0.4, -0.2) is 110 Å². The van der Waals surface area contributed by atoms with E-state index < -0.39 is 84.1 Å². The lowest BCUT2D eigenvalue weighted by atomic mass is 10.0. The molecule has 7 atom stereocenters. The average molecular weight is 466 g/mol. The van der Waals surface area contributed by atoms with E-state index in [0.29, 0.717) is 0 Å². The van der Waals surface area contributed by atoms with Crippen molar-refractivity contribution in [2.24, 2.45) is 0 Å². The molecular formula is C18H26O14. The second-order valence-electron chi connectivity index (χ2n) is 6.72. The molecule has 14 heteroatoms. The summed E-state index contributed by atoms with van der Waals surface area (Å²) in [5.74, 6) is -4.06. The minimum Gasteiger partial charge on any atom is -0.454 e. The highest BCUT2D eigenvalue weighted by atomic mass is 16.7. The van der Waals surface area contributed by atoms with Gasteiger partial charge in [0.2, 0.25) is 0 Å². The van der Waals surface area contributed by atoms with Gasteiger partial charge in [-0.25, -0.2) is 14.4 Å². The molecule has 3 fully saturated rings. The first kappa shape index (κ1) is 29.2. The largest absolute Gasteiger partial charge is 0.454 e. The van der Waals surface area contributed by atoms with Crippen LogP contribution in [0.5, 0.6) is 0 Å². The molecule has 0 aromatic rings. The van der Waals surface area contributed by atoms with E-state index >= 15 is 0 Å². The maximum absolute atomic E-state index is 10.7. The third-order valence-corrected chi connectivity index (χ3v) is 4.24. The van der Waals surface area contributed by atoms with E-state index in [1.54, 1.807) is 0 Å². The summed E-state index contributed by atoms with van der Waals surface area (Å²) in [7, 11) is 0. The van der Waals surface area contributed by atoms with E-state index in [0.717, 1.165) is 6.92 Å². The number of hydrogen-bond acceptors (Lipinski definition) is 14. The number of fused-ring (bicyclic) bond motifs is 1. The summed E-state index contributed by atoms with van der Waals surface area (Å²) >= 11 is 0. The van der Waals surface area contributed by atoms with Crippen LogP contribution in [0.2, 0.25) is 0 Å². The molecule has 14 nitrogen and oxygen atoms in total. The van der Waals surface area contributed by atoms with Crippen molar-refractivity contribution in [3.63, 3.8) is 0 Å². The fraction of sp³-hybridized carbons (Fsp3) is 0.667. The zero-order chi connectivity index (χ0) is 24.2. The van der Waals surface area contributed by atoms with Crippen molar-refractivity contribution < 1.29 is 68.5 Å². The molecule has 182 valence electrons. The highest BCUT2D eigenvalue weighted by Gasteiger charge is 2.57. The highest BCUT2D eigenvalue weighted by Crippen LogP contribution is 2.28. The number of rotatable bonds is 4. The molecule has 7 unspecified atom stereocenters. The predicted octanol–water partition coefficient (Wildman–Crippen LogP) is -4.06. The van der Waals surface area contributed by atoms with E-state index in [2.05, 4.69) is 14.2 Å². The van der Waals surface area contributed by atoms with Crippen LogP contribution < -0.4 is 0 Å². The Morgan fingerprint density at radius 1 is 0.688 bits per heavy atom. The van der Waals surface area contributed by atoms with Crippen LogP contribution in [0, 0.1) is 0 Å². The van der Waals surface area contributed by atoms with Crippen molar-refractivity contribution in [3.05, 3.63) is 0 Å². The normalized spacial score (nSPS) is 30.5. The van der Waals surface area contributed by atoms with E-state index in [-0.39, 0.29) is 7.43 Å². The number of aliphatic hydroxyl groups is 5. The summed E-state index contributed by atoms with van der Waals surface area (Å²) in [6.07, 6.45) is -10.2. The van der Waals surface area contributed by atoms with Crippen LogP contribution in [0.3, 0.4) is 0 Å². The van der Waals surface area contributed by atoms with Crippen LogP contribution in [0.4, 0.5) is 0 Å². The quantitative estimate of drug-likeness (QED) is 0.151. The number of hydrogen-bond donors (Lipinski definition) is 5. The molecule has 0 saturated carbocycles. The molecule has 3 saturated heterocycles. The van der Waals surface area contributed by atoms with Gasteiger partial charge in [-0.05, 0) is 20.8 Å². The predicted molar refractivity (Wildman–Crippen MR) is 98.4 cm³/mol. The van der Waals surface area contributed by atoms with Crippen LogP contribution >= 0.6 is 0 Å². The van der Waals surface area contributed by atoms with Crippen LogP contribution in [0.1, 0.15) is 28.2 Å². The second-order valence-corrected chi connectivity index (χ2v) is 6.72. The Kier molecular flexibility index (Phi) is 10.7. The van der Waals surface area contributed by atoms with E-state index in [1.807, 2.05) is 0 Å². The Labute approximate surface area is 181 Å². The lowest BCUT2D eigenvalue weighted by Gasteiger charge is -2.33. The Hall–Kier alpha value is -2.78. The SMILES string of the molecule is C.CC(=O)C(O)C(C)=O.CC(=O)C(O)C1OC(=O)C1O.O=C1OC2C(O)C(=O)OC2C1O. The maximum atomic E-state index is 10.7. The Bertz CT molecular complexity index is 721. The number of cyclic esters (lactones) is 1. The van der Waals surface area contributed by atoms with Crippen molar-refractivity contribution >= 4 is 35.3 Å². The van der Waals surface area contributed by atoms with Gasteiger partial charge in [-0.1, -0.05) is 7.43 Å². The third-order valence-electron chi connectivity index (χ3n) is 4.24. The van der Waals surface area contributed by atoms with Gasteiger partial charge >= 0.3 is 17.9 Å². The molecule has 0 radical (unpaired) electrons. The van der Waals surface area contributed by atoms with Crippen LogP contribution in [0.15, 0.2) is 0 Å². The lowest BCUT2D eigenvalue weighted by molar-refractivity contribution is -0.211. The summed E-state index contributed by atoms with van der Waals surface area (Å²) in [5.41, 5.74) is 0. The monoisotopic (exact) mass is 466 g/mol. The standard InChI is InChI=1S/C6H6O6.C6H8O5.C5H8O3.CH4/c7-1-3-4(12-5(1)9)2(8)6(10)11-3;1-2(7)3(8)5-4(9)6(10)11-5;1-3(6)5(8)4(2)7;/h1-4,7-8H;3-5,8-9H,1H3;5,8H,1-2H3;1H4. The van der Waals surface area contributed by atoms with E-state index in [1.165, 1.54) is 13.8 Å². The lowest BCUT2D eigenvalue weighted by Crippen LogP contribution is -2.57. The van der Waals surface area contributed by atoms with Gasteiger partial charge in [-0.3, -0.25) is 14.4 Å². The summed E-state index contributed by atoms with van der Waals surface area (Å²) in [6.45, 7) is 3.50. The zero-order valence-electron chi connectivity index (χ0n) is 16.5. The summed E-state index contributed by atoms with van der Waals surface area (Å²) in [4.78, 5) is 62.3. The topological polar surface area (TPSA) is 231 Å². The minimum absolute atomic E-state index is 0. The van der Waals surface area contributed by atoms with Gasteiger partial charge in [0.1, 0.15) is 0 Å². The van der Waals surface area contributed by atoms with Gasteiger partial charge in [-0.15, -0.1) is 0 Å². The molecule has 3 aliphatic heterocycles. The Balaban J connectivity index is 0.000000454. The van der Waals surface area contributed by atoms with Gasteiger partial charge in [0.05, 0.1) is 0 Å². The molecule has 32 heavy (non-hydrogen) atoms. The summed E-state index contributed by atoms with van der Waals surface area (Å²) in [6, 6.07) is 0. The van der Waals surface area contributed by atoms with Gasteiger partial charge in [0.25, 0.3) is 0 Å². The molecule has 5 N–H and O–H groups in total. The molecule has 0 amide bonds. The highest BCUT2D eigenvalue weighted by molar-refractivity contribution is 6.02. The fourth-order valence-electron chi connectivity index (χ4n) is 2.38. The first-order valence-electron chi connectivity index (χ1n) is 8.73. The molecule has 0 spiro atoms. The smallest absolute Gasteiger partial charge is 0.339 e. The number of esters is 3. The third kappa shape index (κ3) is 6.61. The number of Topliss-reactive ketones (excluding diaryl/α,β-unsaturated/α-hetero) is 3. The maximum Gasteiger partial charge on any atom is 0.339 e. The van der Waals surface area contributed by atoms with Crippen LogP contribution in [-0.2, 0) is 43.0 Å². The number of ether oxygens (including phenoxy) is 3. The van der Waals surface area contributed by atoms with Crippen molar-refractivity contribution in [2.75, 3.05) is 0 Å². The van der Waals surface area contributed by atoms with Crippen molar-refractivity contribution in [2.45, 2.75) is 77.0 Å². The minimum atomic E-state index is -1.46. The average Bonchev–Trinajstić information content (AvgIpc) is 3.14. The van der Waals surface area contributed by atoms with Gasteiger partial charge in [0, 0.05) is 0 Å². The number of carbonyl (C=O) groups is 6.